The Kier molecular flexibility index (Phi) is 11.0. The molecule has 0 unspecified atom stereocenters. The van der Waals surface area contributed by atoms with E-state index < -0.39 is 27.5 Å². The number of hydrogen-bond donors (Lipinski definition) is 2. The summed E-state index contributed by atoms with van der Waals surface area (Å²) in [6.07, 6.45) is 6.30. The minimum absolute atomic E-state index is 0.0203. The highest BCUT2D eigenvalue weighted by molar-refractivity contribution is 7.91. The van der Waals surface area contributed by atoms with Gasteiger partial charge in [-0.15, -0.1) is 0 Å². The van der Waals surface area contributed by atoms with Crippen molar-refractivity contribution in [1.82, 2.24) is 25.4 Å². The number of carbonyl (C=O) groups excluding carboxylic acids is 2. The lowest BCUT2D eigenvalue weighted by atomic mass is 9.57. The average molecular weight is 765 g/mol. The number of rotatable bonds is 12. The molecule has 7 rings (SSSR count). The van der Waals surface area contributed by atoms with Crippen molar-refractivity contribution >= 4 is 27.5 Å². The minimum Gasteiger partial charge on any atom is -0.453 e. The van der Waals surface area contributed by atoms with Crippen LogP contribution in [0.2, 0.25) is 0 Å². The van der Waals surface area contributed by atoms with Crippen LogP contribution >= 0.6 is 0 Å². The van der Waals surface area contributed by atoms with Crippen molar-refractivity contribution in [3.8, 4) is 0 Å². The Morgan fingerprint density at radius 1 is 0.944 bits per heavy atom. The molecule has 3 aromatic rings. The summed E-state index contributed by atoms with van der Waals surface area (Å²) in [5.74, 6) is -0.342. The quantitative estimate of drug-likeness (QED) is 0.267. The highest BCUT2D eigenvalue weighted by atomic mass is 32.2. The molecule has 3 saturated heterocycles. The van der Waals surface area contributed by atoms with Gasteiger partial charge in [-0.05, 0) is 124 Å². The first-order valence-corrected chi connectivity index (χ1v) is 20.4. The van der Waals surface area contributed by atoms with Gasteiger partial charge in [0.1, 0.15) is 11.5 Å². The maximum atomic E-state index is 16.2. The van der Waals surface area contributed by atoms with Crippen molar-refractivity contribution in [2.24, 2.45) is 11.8 Å². The molecule has 14 heteroatoms. The maximum absolute atomic E-state index is 16.2. The van der Waals surface area contributed by atoms with Gasteiger partial charge in [-0.1, -0.05) is 18.6 Å². The third-order valence-corrected chi connectivity index (χ3v) is 14.0. The standard InChI is InChI=1S/C40H50F2N6O5S/c1-43-37(49)36-15-14-33(23-44-36)54(51,52)32-12-10-31(11-13-32)48-25-39(42,26-48)24-47-20-16-28(17-21-47)40(27-46-18-5-19-46,29-6-3-7-30(41)22-29)34-8-4-9-35(34)45-38(50)53-2/h3,6-7,10-15,22-23,28,34-35H,4-5,8-9,16-21,24-27H2,1-2H3,(H,43,49)(H,45,50)/t34-,35-,40-/m0/s1. The SMILES string of the molecule is CNC(=O)c1ccc(S(=O)(=O)c2ccc(N3CC(F)(CN4CCC([C@@](CN5CCC5)(c5cccc(F)c5)[C@H]5CCC[C@@H]5NC(=O)OC)CC4)C3)cc2)cn1. The summed E-state index contributed by atoms with van der Waals surface area (Å²) in [6, 6.07) is 16.1. The van der Waals surface area contributed by atoms with E-state index in [1.807, 2.05) is 4.90 Å². The van der Waals surface area contributed by atoms with Crippen LogP contribution in [0.4, 0.5) is 19.3 Å². The van der Waals surface area contributed by atoms with Crippen LogP contribution in [0.5, 0.6) is 0 Å². The number of anilines is 1. The molecule has 0 radical (unpaired) electrons. The van der Waals surface area contributed by atoms with E-state index in [9.17, 15) is 22.4 Å². The van der Waals surface area contributed by atoms with Gasteiger partial charge in [0.2, 0.25) is 9.84 Å². The predicted octanol–water partition coefficient (Wildman–Crippen LogP) is 4.82. The summed E-state index contributed by atoms with van der Waals surface area (Å²) in [7, 11) is -0.999. The van der Waals surface area contributed by atoms with Gasteiger partial charge >= 0.3 is 6.09 Å². The van der Waals surface area contributed by atoms with Crippen molar-refractivity contribution in [3.05, 3.63) is 83.9 Å². The Hall–Kier alpha value is -4.14. The Bertz CT molecular complexity index is 1920. The van der Waals surface area contributed by atoms with E-state index in [1.54, 1.807) is 24.3 Å². The Labute approximate surface area is 316 Å². The van der Waals surface area contributed by atoms with E-state index in [4.69, 9.17) is 4.74 Å². The number of alkyl halides is 1. The fraction of sp³-hybridized carbons (Fsp3) is 0.525. The third-order valence-electron chi connectivity index (χ3n) is 12.3. The van der Waals surface area contributed by atoms with Crippen molar-refractivity contribution < 1.29 is 31.5 Å². The minimum atomic E-state index is -3.86. The number of hydrogen-bond acceptors (Lipinski definition) is 9. The lowest BCUT2D eigenvalue weighted by molar-refractivity contribution is 0.00584. The van der Waals surface area contributed by atoms with Crippen LogP contribution in [0.1, 0.15) is 54.6 Å². The highest BCUT2D eigenvalue weighted by Gasteiger charge is 2.54. The van der Waals surface area contributed by atoms with Crippen LogP contribution in [-0.2, 0) is 20.0 Å². The van der Waals surface area contributed by atoms with Gasteiger partial charge in [0, 0.05) is 43.5 Å². The fourth-order valence-electron chi connectivity index (χ4n) is 9.44. The van der Waals surface area contributed by atoms with Crippen LogP contribution in [0.3, 0.4) is 0 Å². The van der Waals surface area contributed by atoms with Gasteiger partial charge in [0.15, 0.2) is 5.67 Å². The molecule has 3 aliphatic heterocycles. The van der Waals surface area contributed by atoms with Gasteiger partial charge in [-0.2, -0.15) is 0 Å². The fourth-order valence-corrected chi connectivity index (χ4v) is 10.6. The number of likely N-dealkylation sites (tertiary alicyclic amines) is 2. The van der Waals surface area contributed by atoms with Gasteiger partial charge in [-0.25, -0.2) is 27.0 Å². The van der Waals surface area contributed by atoms with Crippen LogP contribution in [0.15, 0.2) is 76.7 Å². The zero-order chi connectivity index (χ0) is 38.1. The molecule has 4 aliphatic rings. The molecule has 1 aliphatic carbocycles. The molecule has 4 heterocycles. The lowest BCUT2D eigenvalue weighted by Crippen LogP contribution is -2.65. The molecule has 0 spiro atoms. The topological polar surface area (TPSA) is 124 Å². The van der Waals surface area contributed by atoms with Crippen molar-refractivity contribution in [2.45, 2.75) is 65.4 Å². The Morgan fingerprint density at radius 3 is 2.28 bits per heavy atom. The van der Waals surface area contributed by atoms with Crippen LogP contribution in [0, 0.1) is 17.7 Å². The number of amides is 2. The second-order valence-electron chi connectivity index (χ2n) is 15.5. The molecular weight excluding hydrogens is 715 g/mol. The Balaban J connectivity index is 1.01. The molecular formula is C40H50F2N6O5S. The summed E-state index contributed by atoms with van der Waals surface area (Å²) in [5.41, 5.74) is 0.0560. The molecule has 3 atom stereocenters. The molecule has 1 aromatic heterocycles. The first kappa shape index (κ1) is 38.1. The smallest absolute Gasteiger partial charge is 0.407 e. The number of nitrogens with zero attached hydrogens (tertiary/aromatic N) is 4. The number of halogens is 2. The van der Waals surface area contributed by atoms with E-state index in [0.29, 0.717) is 6.54 Å². The summed E-state index contributed by atoms with van der Waals surface area (Å²) in [5, 5.41) is 5.59. The van der Waals surface area contributed by atoms with Crippen LogP contribution in [-0.4, -0.2) is 113 Å². The normalized spacial score (nSPS) is 23.1. The number of carbonyl (C=O) groups is 2. The van der Waals surface area contributed by atoms with Crippen molar-refractivity contribution in [2.75, 3.05) is 71.4 Å². The second-order valence-corrected chi connectivity index (χ2v) is 17.4. The van der Waals surface area contributed by atoms with E-state index in [1.165, 1.54) is 50.7 Å². The number of alkyl carbamates (subject to hydrolysis) is 1. The summed E-state index contributed by atoms with van der Waals surface area (Å²) >= 11 is 0. The summed E-state index contributed by atoms with van der Waals surface area (Å²) < 4.78 is 62.7. The zero-order valence-corrected chi connectivity index (χ0v) is 31.8. The summed E-state index contributed by atoms with van der Waals surface area (Å²) in [4.78, 5) is 34.9. The second kappa shape index (κ2) is 15.5. The monoisotopic (exact) mass is 764 g/mol. The molecule has 11 nitrogen and oxygen atoms in total. The number of nitrogens with one attached hydrogen (secondary N) is 2. The van der Waals surface area contributed by atoms with Gasteiger partial charge < -0.3 is 25.2 Å². The van der Waals surface area contributed by atoms with Crippen LogP contribution < -0.4 is 15.5 Å². The van der Waals surface area contributed by atoms with Gasteiger partial charge in [0.05, 0.1) is 30.0 Å². The van der Waals surface area contributed by atoms with E-state index in [-0.39, 0.29) is 57.7 Å². The number of benzene rings is 2. The number of sulfone groups is 1. The van der Waals surface area contributed by atoms with E-state index >= 15 is 4.39 Å². The summed E-state index contributed by atoms with van der Waals surface area (Å²) in [6.45, 7) is 4.96. The molecule has 290 valence electrons. The first-order valence-electron chi connectivity index (χ1n) is 19.0. The molecule has 2 N–H and O–H groups in total. The van der Waals surface area contributed by atoms with Crippen molar-refractivity contribution in [3.63, 3.8) is 0 Å². The van der Waals surface area contributed by atoms with E-state index in [2.05, 4.69) is 31.5 Å². The highest BCUT2D eigenvalue weighted by Crippen LogP contribution is 2.51. The average Bonchev–Trinajstić information content (AvgIpc) is 3.62. The van der Waals surface area contributed by atoms with Crippen molar-refractivity contribution in [1.29, 1.82) is 0 Å². The van der Waals surface area contributed by atoms with E-state index in [0.717, 1.165) is 82.5 Å². The van der Waals surface area contributed by atoms with Gasteiger partial charge in [0.25, 0.3) is 5.91 Å². The number of piperidine rings is 1. The van der Waals surface area contributed by atoms with Crippen LogP contribution in [0.25, 0.3) is 0 Å². The number of pyridine rings is 1. The lowest BCUT2D eigenvalue weighted by Gasteiger charge is -2.54. The third kappa shape index (κ3) is 7.57. The Morgan fingerprint density at radius 2 is 1.67 bits per heavy atom. The predicted molar refractivity (Wildman–Crippen MR) is 201 cm³/mol. The number of aromatic nitrogens is 1. The molecule has 1 saturated carbocycles. The number of ether oxygens (including phenoxy) is 1. The maximum Gasteiger partial charge on any atom is 0.407 e. The molecule has 0 bridgehead atoms. The largest absolute Gasteiger partial charge is 0.453 e. The zero-order valence-electron chi connectivity index (χ0n) is 31.0. The molecule has 2 amide bonds. The molecule has 54 heavy (non-hydrogen) atoms. The van der Waals surface area contributed by atoms with Gasteiger partial charge in [-0.3, -0.25) is 9.69 Å². The number of methoxy groups -OCH3 is 1. The molecule has 4 fully saturated rings. The molecule has 2 aromatic carbocycles. The first-order chi connectivity index (χ1) is 25.9.